The van der Waals surface area contributed by atoms with Gasteiger partial charge in [-0.25, -0.2) is 0 Å². The Balaban J connectivity index is 1.88. The largest absolute Gasteiger partial charge is 0.381 e. The van der Waals surface area contributed by atoms with Gasteiger partial charge in [0.2, 0.25) is 5.91 Å². The Bertz CT molecular complexity index is 331. The summed E-state index contributed by atoms with van der Waals surface area (Å²) in [5.74, 6) is 0.163. The molecule has 21 heavy (non-hydrogen) atoms. The first-order chi connectivity index (χ1) is 10.2. The first kappa shape index (κ1) is 16.7. The average Bonchev–Trinajstić information content (AvgIpc) is 2.54. The molecule has 1 aliphatic carbocycles. The first-order valence-electron chi connectivity index (χ1n) is 8.44. The quantitative estimate of drug-likeness (QED) is 0.802. The maximum absolute atomic E-state index is 12.5. The van der Waals surface area contributed by atoms with E-state index >= 15 is 0 Å². The molecule has 122 valence electrons. The monoisotopic (exact) mass is 297 g/mol. The average molecular weight is 297 g/mol. The molecule has 2 rings (SSSR count). The summed E-state index contributed by atoms with van der Waals surface area (Å²) in [4.78, 5) is 14.8. The smallest absolute Gasteiger partial charge is 0.237 e. The minimum atomic E-state index is -0.0988. The molecular weight excluding hydrogens is 266 g/mol. The van der Waals surface area contributed by atoms with Crippen molar-refractivity contribution >= 4 is 5.91 Å². The molecule has 1 amide bonds. The SMILES string of the molecule is COC1CCN(C(C)C(=O)NC2CCCCC2)C(CN)C1. The summed E-state index contributed by atoms with van der Waals surface area (Å²) in [5, 5.41) is 3.23. The molecule has 0 bridgehead atoms. The van der Waals surface area contributed by atoms with E-state index in [2.05, 4.69) is 10.2 Å². The van der Waals surface area contributed by atoms with Crippen molar-refractivity contribution in [2.24, 2.45) is 5.73 Å². The summed E-state index contributed by atoms with van der Waals surface area (Å²) in [6.07, 6.45) is 8.23. The van der Waals surface area contributed by atoms with E-state index in [4.69, 9.17) is 10.5 Å². The number of ether oxygens (including phenoxy) is 1. The highest BCUT2D eigenvalue weighted by Crippen LogP contribution is 2.22. The van der Waals surface area contributed by atoms with Crippen LogP contribution in [0.2, 0.25) is 0 Å². The zero-order chi connectivity index (χ0) is 15.2. The second-order valence-corrected chi connectivity index (χ2v) is 6.53. The Hall–Kier alpha value is -0.650. The summed E-state index contributed by atoms with van der Waals surface area (Å²) < 4.78 is 5.45. The maximum atomic E-state index is 12.5. The number of nitrogens with one attached hydrogen (secondary N) is 1. The third-order valence-electron chi connectivity index (χ3n) is 5.15. The van der Waals surface area contributed by atoms with Gasteiger partial charge >= 0.3 is 0 Å². The van der Waals surface area contributed by atoms with Crippen LogP contribution in [0.1, 0.15) is 51.9 Å². The fourth-order valence-electron chi connectivity index (χ4n) is 3.71. The first-order valence-corrected chi connectivity index (χ1v) is 8.44. The molecule has 3 unspecified atom stereocenters. The van der Waals surface area contributed by atoms with Gasteiger partial charge in [-0.15, -0.1) is 0 Å². The van der Waals surface area contributed by atoms with Gasteiger partial charge < -0.3 is 15.8 Å². The highest BCUT2D eigenvalue weighted by molar-refractivity contribution is 5.81. The molecule has 5 heteroatoms. The summed E-state index contributed by atoms with van der Waals surface area (Å²) >= 11 is 0. The normalized spacial score (nSPS) is 30.0. The van der Waals surface area contributed by atoms with Crippen molar-refractivity contribution in [3.05, 3.63) is 0 Å². The van der Waals surface area contributed by atoms with Gasteiger partial charge in [-0.1, -0.05) is 19.3 Å². The zero-order valence-electron chi connectivity index (χ0n) is 13.5. The highest BCUT2D eigenvalue weighted by atomic mass is 16.5. The van der Waals surface area contributed by atoms with Crippen LogP contribution in [0, 0.1) is 0 Å². The molecule has 0 aromatic rings. The third kappa shape index (κ3) is 4.41. The number of hydrogen-bond donors (Lipinski definition) is 2. The number of nitrogens with zero attached hydrogens (tertiary/aromatic N) is 1. The predicted octanol–water partition coefficient (Wildman–Crippen LogP) is 1.26. The summed E-state index contributed by atoms with van der Waals surface area (Å²) in [5.41, 5.74) is 5.90. The van der Waals surface area contributed by atoms with Crippen LogP contribution in [0.25, 0.3) is 0 Å². The van der Waals surface area contributed by atoms with E-state index in [1.807, 2.05) is 6.92 Å². The molecule has 3 N–H and O–H groups in total. The predicted molar refractivity (Wildman–Crippen MR) is 84.1 cm³/mol. The van der Waals surface area contributed by atoms with Gasteiger partial charge in [0.05, 0.1) is 12.1 Å². The summed E-state index contributed by atoms with van der Waals surface area (Å²) in [7, 11) is 1.76. The van der Waals surface area contributed by atoms with Crippen LogP contribution in [0.3, 0.4) is 0 Å². The number of carbonyl (C=O) groups is 1. The van der Waals surface area contributed by atoms with E-state index in [0.29, 0.717) is 12.6 Å². The molecule has 1 saturated carbocycles. The Labute approximate surface area is 128 Å². The Morgan fingerprint density at radius 3 is 2.67 bits per heavy atom. The molecule has 0 radical (unpaired) electrons. The minimum absolute atomic E-state index is 0.0988. The van der Waals surface area contributed by atoms with Crippen LogP contribution in [-0.2, 0) is 9.53 Å². The Morgan fingerprint density at radius 2 is 2.05 bits per heavy atom. The van der Waals surface area contributed by atoms with Crippen LogP contribution in [0.5, 0.6) is 0 Å². The highest BCUT2D eigenvalue weighted by Gasteiger charge is 2.33. The van der Waals surface area contributed by atoms with E-state index in [1.165, 1.54) is 19.3 Å². The number of carbonyl (C=O) groups excluding carboxylic acids is 1. The van der Waals surface area contributed by atoms with Crippen molar-refractivity contribution in [2.45, 2.75) is 76.1 Å². The van der Waals surface area contributed by atoms with Crippen molar-refractivity contribution < 1.29 is 9.53 Å². The van der Waals surface area contributed by atoms with E-state index in [-0.39, 0.29) is 24.1 Å². The molecule has 0 aromatic heterocycles. The molecule has 1 aliphatic heterocycles. The molecular formula is C16H31N3O2. The fraction of sp³-hybridized carbons (Fsp3) is 0.938. The number of nitrogens with two attached hydrogens (primary N) is 1. The molecule has 0 spiro atoms. The molecule has 5 nitrogen and oxygen atoms in total. The molecule has 2 fully saturated rings. The van der Waals surface area contributed by atoms with Crippen molar-refractivity contribution in [3.63, 3.8) is 0 Å². The van der Waals surface area contributed by atoms with Crippen molar-refractivity contribution in [1.29, 1.82) is 0 Å². The number of hydrogen-bond acceptors (Lipinski definition) is 4. The lowest BCUT2D eigenvalue weighted by molar-refractivity contribution is -0.129. The van der Waals surface area contributed by atoms with Crippen molar-refractivity contribution in [1.82, 2.24) is 10.2 Å². The molecule has 0 aromatic carbocycles. The van der Waals surface area contributed by atoms with E-state index in [9.17, 15) is 4.79 Å². The number of amides is 1. The van der Waals surface area contributed by atoms with Gasteiger partial charge in [-0.3, -0.25) is 9.69 Å². The van der Waals surface area contributed by atoms with Crippen molar-refractivity contribution in [2.75, 3.05) is 20.2 Å². The second kappa shape index (κ2) is 8.11. The van der Waals surface area contributed by atoms with Crippen LogP contribution < -0.4 is 11.1 Å². The van der Waals surface area contributed by atoms with Crippen LogP contribution in [0.4, 0.5) is 0 Å². The van der Waals surface area contributed by atoms with Gasteiger partial charge in [-0.05, 0) is 32.6 Å². The fourth-order valence-corrected chi connectivity index (χ4v) is 3.71. The van der Waals surface area contributed by atoms with Crippen LogP contribution in [0.15, 0.2) is 0 Å². The van der Waals surface area contributed by atoms with E-state index in [0.717, 1.165) is 32.2 Å². The number of methoxy groups -OCH3 is 1. The molecule has 3 atom stereocenters. The maximum Gasteiger partial charge on any atom is 0.237 e. The van der Waals surface area contributed by atoms with E-state index in [1.54, 1.807) is 7.11 Å². The Kier molecular flexibility index (Phi) is 6.45. The van der Waals surface area contributed by atoms with Gasteiger partial charge in [0.1, 0.15) is 0 Å². The lowest BCUT2D eigenvalue weighted by atomic mass is 9.94. The lowest BCUT2D eigenvalue weighted by Gasteiger charge is -2.41. The molecule has 2 aliphatic rings. The number of piperidine rings is 1. The van der Waals surface area contributed by atoms with Crippen molar-refractivity contribution in [3.8, 4) is 0 Å². The van der Waals surface area contributed by atoms with Gasteiger partial charge in [0, 0.05) is 32.3 Å². The van der Waals surface area contributed by atoms with Gasteiger partial charge in [0.15, 0.2) is 0 Å². The topological polar surface area (TPSA) is 67.6 Å². The minimum Gasteiger partial charge on any atom is -0.381 e. The lowest BCUT2D eigenvalue weighted by Crippen LogP contribution is -2.57. The summed E-state index contributed by atoms with van der Waals surface area (Å²) in [6, 6.07) is 0.524. The van der Waals surface area contributed by atoms with Crippen LogP contribution in [-0.4, -0.2) is 55.2 Å². The molecule has 1 saturated heterocycles. The third-order valence-corrected chi connectivity index (χ3v) is 5.15. The zero-order valence-corrected chi connectivity index (χ0v) is 13.5. The van der Waals surface area contributed by atoms with Crippen LogP contribution >= 0.6 is 0 Å². The van der Waals surface area contributed by atoms with E-state index < -0.39 is 0 Å². The standard InChI is InChI=1S/C16H31N3O2/c1-12(16(20)18-13-6-4-3-5-7-13)19-9-8-15(21-2)10-14(19)11-17/h12-15H,3-11,17H2,1-2H3,(H,18,20). The number of rotatable bonds is 5. The second-order valence-electron chi connectivity index (χ2n) is 6.53. The number of likely N-dealkylation sites (tertiary alicyclic amines) is 1. The summed E-state index contributed by atoms with van der Waals surface area (Å²) in [6.45, 7) is 3.48. The van der Waals surface area contributed by atoms with Gasteiger partial charge in [-0.2, -0.15) is 0 Å². The Morgan fingerprint density at radius 1 is 1.33 bits per heavy atom. The molecule has 1 heterocycles. The van der Waals surface area contributed by atoms with Gasteiger partial charge in [0.25, 0.3) is 0 Å².